The molecular formula is C24H26N4O4S. The Labute approximate surface area is 192 Å². The fourth-order valence-electron chi connectivity index (χ4n) is 4.09. The molecule has 172 valence electrons. The van der Waals surface area contributed by atoms with E-state index in [4.69, 9.17) is 0 Å². The Kier molecular flexibility index (Phi) is 6.44. The molecule has 0 spiro atoms. The molecule has 0 bridgehead atoms. The standard InChI is InChI=1S/C24H26N4O4S/c1-16-6-8-22(17(2)14-16)33(31,32)28-12-10-18(11-13-28)24(30)25-20-5-3-4-19(15-20)21-7-9-23(29)27-26-21/h3-9,14-15,18H,10-13H2,1-2H3,(H,25,30)(H,27,29). The van der Waals surface area contributed by atoms with Crippen molar-refractivity contribution >= 4 is 21.6 Å². The molecule has 2 N–H and O–H groups in total. The molecule has 0 radical (unpaired) electrons. The lowest BCUT2D eigenvalue weighted by Crippen LogP contribution is -2.41. The first-order chi connectivity index (χ1) is 15.7. The van der Waals surface area contributed by atoms with E-state index in [1.807, 2.05) is 19.1 Å². The van der Waals surface area contributed by atoms with Crippen molar-refractivity contribution in [1.82, 2.24) is 14.5 Å². The maximum atomic E-state index is 13.1. The van der Waals surface area contributed by atoms with Crippen molar-refractivity contribution < 1.29 is 13.2 Å². The molecule has 4 rings (SSSR count). The first-order valence-corrected chi connectivity index (χ1v) is 12.2. The van der Waals surface area contributed by atoms with Gasteiger partial charge in [-0.3, -0.25) is 9.59 Å². The van der Waals surface area contributed by atoms with Gasteiger partial charge in [0.1, 0.15) is 0 Å². The van der Waals surface area contributed by atoms with Gasteiger partial charge in [-0.15, -0.1) is 0 Å². The number of aromatic amines is 1. The highest BCUT2D eigenvalue weighted by molar-refractivity contribution is 7.89. The van der Waals surface area contributed by atoms with E-state index in [1.165, 1.54) is 10.4 Å². The van der Waals surface area contributed by atoms with Crippen molar-refractivity contribution in [3.63, 3.8) is 0 Å². The Hall–Kier alpha value is -3.30. The number of H-pyrrole nitrogens is 1. The number of carbonyl (C=O) groups excluding carboxylic acids is 1. The summed E-state index contributed by atoms with van der Waals surface area (Å²) in [6, 6.07) is 15.6. The quantitative estimate of drug-likeness (QED) is 0.600. The summed E-state index contributed by atoms with van der Waals surface area (Å²) >= 11 is 0. The molecule has 1 aliphatic heterocycles. The number of amides is 1. The van der Waals surface area contributed by atoms with Gasteiger partial charge in [0.2, 0.25) is 15.9 Å². The third kappa shape index (κ3) is 5.04. The molecule has 1 aliphatic rings. The molecule has 0 aliphatic carbocycles. The van der Waals surface area contributed by atoms with Crippen molar-refractivity contribution in [2.75, 3.05) is 18.4 Å². The number of hydrogen-bond donors (Lipinski definition) is 2. The minimum atomic E-state index is -3.59. The third-order valence-electron chi connectivity index (χ3n) is 5.88. The van der Waals surface area contributed by atoms with Gasteiger partial charge < -0.3 is 5.32 Å². The minimum Gasteiger partial charge on any atom is -0.326 e. The lowest BCUT2D eigenvalue weighted by atomic mass is 9.97. The zero-order valence-electron chi connectivity index (χ0n) is 18.5. The fraction of sp³-hybridized carbons (Fsp3) is 0.292. The van der Waals surface area contributed by atoms with E-state index < -0.39 is 10.0 Å². The first kappa shape index (κ1) is 22.9. The Morgan fingerprint density at radius 1 is 1.06 bits per heavy atom. The van der Waals surface area contributed by atoms with E-state index >= 15 is 0 Å². The second kappa shape index (κ2) is 9.29. The molecule has 2 heterocycles. The average Bonchev–Trinajstić information content (AvgIpc) is 2.79. The zero-order chi connectivity index (χ0) is 23.6. The predicted octanol–water partition coefficient (Wildman–Crippen LogP) is 3.09. The summed E-state index contributed by atoms with van der Waals surface area (Å²) in [7, 11) is -3.59. The second-order valence-corrected chi connectivity index (χ2v) is 10.2. The number of aryl methyl sites for hydroxylation is 2. The summed E-state index contributed by atoms with van der Waals surface area (Å²) in [6.07, 6.45) is 0.911. The summed E-state index contributed by atoms with van der Waals surface area (Å²) < 4.78 is 27.6. The molecule has 0 unspecified atom stereocenters. The van der Waals surface area contributed by atoms with Crippen LogP contribution in [0.3, 0.4) is 0 Å². The molecule has 3 aromatic rings. The minimum absolute atomic E-state index is 0.134. The van der Waals surface area contributed by atoms with Gasteiger partial charge >= 0.3 is 0 Å². The van der Waals surface area contributed by atoms with Crippen LogP contribution in [0.4, 0.5) is 5.69 Å². The summed E-state index contributed by atoms with van der Waals surface area (Å²) in [5.41, 5.74) is 3.44. The highest BCUT2D eigenvalue weighted by atomic mass is 32.2. The van der Waals surface area contributed by atoms with Gasteiger partial charge in [0.15, 0.2) is 0 Å². The van der Waals surface area contributed by atoms with Crippen molar-refractivity contribution in [3.05, 3.63) is 76.1 Å². The van der Waals surface area contributed by atoms with Gasteiger partial charge in [0, 0.05) is 36.3 Å². The fourth-order valence-corrected chi connectivity index (χ4v) is 5.77. The van der Waals surface area contributed by atoms with Crippen LogP contribution in [0.1, 0.15) is 24.0 Å². The molecule has 1 amide bonds. The summed E-state index contributed by atoms with van der Waals surface area (Å²) in [4.78, 5) is 24.4. The van der Waals surface area contributed by atoms with Gasteiger partial charge in [-0.2, -0.15) is 9.40 Å². The van der Waals surface area contributed by atoms with Crippen LogP contribution < -0.4 is 10.9 Å². The van der Waals surface area contributed by atoms with E-state index in [1.54, 1.807) is 43.3 Å². The third-order valence-corrected chi connectivity index (χ3v) is 7.94. The molecule has 0 atom stereocenters. The van der Waals surface area contributed by atoms with Crippen LogP contribution in [0.2, 0.25) is 0 Å². The molecule has 33 heavy (non-hydrogen) atoms. The van der Waals surface area contributed by atoms with Crippen LogP contribution in [0.25, 0.3) is 11.3 Å². The molecule has 9 heteroatoms. The largest absolute Gasteiger partial charge is 0.326 e. The van der Waals surface area contributed by atoms with Crippen LogP contribution in [0, 0.1) is 19.8 Å². The van der Waals surface area contributed by atoms with Crippen molar-refractivity contribution in [2.24, 2.45) is 5.92 Å². The van der Waals surface area contributed by atoms with Crippen LogP contribution in [-0.4, -0.2) is 41.9 Å². The van der Waals surface area contributed by atoms with Crippen LogP contribution in [0.15, 0.2) is 64.3 Å². The number of benzene rings is 2. The molecule has 0 saturated carbocycles. The van der Waals surface area contributed by atoms with E-state index in [2.05, 4.69) is 15.5 Å². The predicted molar refractivity (Wildman–Crippen MR) is 126 cm³/mol. The Morgan fingerprint density at radius 2 is 1.82 bits per heavy atom. The van der Waals surface area contributed by atoms with Gasteiger partial charge in [-0.25, -0.2) is 13.5 Å². The number of hydrogen-bond acceptors (Lipinski definition) is 5. The monoisotopic (exact) mass is 466 g/mol. The Balaban J connectivity index is 1.40. The molecular weight excluding hydrogens is 440 g/mol. The van der Waals surface area contributed by atoms with Crippen molar-refractivity contribution in [2.45, 2.75) is 31.6 Å². The topological polar surface area (TPSA) is 112 Å². The molecule has 1 saturated heterocycles. The normalized spacial score (nSPS) is 15.3. The lowest BCUT2D eigenvalue weighted by molar-refractivity contribution is -0.120. The summed E-state index contributed by atoms with van der Waals surface area (Å²) in [5, 5.41) is 9.34. The smallest absolute Gasteiger partial charge is 0.264 e. The van der Waals surface area contributed by atoms with Crippen molar-refractivity contribution in [3.8, 4) is 11.3 Å². The van der Waals surface area contributed by atoms with Crippen LogP contribution in [-0.2, 0) is 14.8 Å². The maximum absolute atomic E-state index is 13.1. The van der Waals surface area contributed by atoms with Crippen LogP contribution >= 0.6 is 0 Å². The van der Waals surface area contributed by atoms with Crippen molar-refractivity contribution in [1.29, 1.82) is 0 Å². The second-order valence-electron chi connectivity index (χ2n) is 8.32. The van der Waals surface area contributed by atoms with E-state index in [-0.39, 0.29) is 17.4 Å². The van der Waals surface area contributed by atoms with Gasteiger partial charge in [0.25, 0.3) is 5.56 Å². The Bertz CT molecular complexity index is 1320. The number of nitrogens with zero attached hydrogens (tertiary/aromatic N) is 2. The number of nitrogens with one attached hydrogen (secondary N) is 2. The van der Waals surface area contributed by atoms with Crippen LogP contribution in [0.5, 0.6) is 0 Å². The summed E-state index contributed by atoms with van der Waals surface area (Å²) in [5.74, 6) is -0.407. The number of rotatable bonds is 5. The molecule has 8 nitrogen and oxygen atoms in total. The number of piperidine rings is 1. The maximum Gasteiger partial charge on any atom is 0.264 e. The lowest BCUT2D eigenvalue weighted by Gasteiger charge is -2.31. The van der Waals surface area contributed by atoms with E-state index in [0.29, 0.717) is 42.2 Å². The SMILES string of the molecule is Cc1ccc(S(=O)(=O)N2CCC(C(=O)Nc3cccc(-c4ccc(=O)[nH]n4)c3)CC2)c(C)c1. The number of aromatic nitrogens is 2. The number of sulfonamides is 1. The van der Waals surface area contributed by atoms with E-state index in [0.717, 1.165) is 16.7 Å². The molecule has 2 aromatic carbocycles. The zero-order valence-corrected chi connectivity index (χ0v) is 19.4. The average molecular weight is 467 g/mol. The van der Waals surface area contributed by atoms with Gasteiger partial charge in [-0.1, -0.05) is 29.8 Å². The van der Waals surface area contributed by atoms with E-state index in [9.17, 15) is 18.0 Å². The highest BCUT2D eigenvalue weighted by Crippen LogP contribution is 2.27. The van der Waals surface area contributed by atoms with Gasteiger partial charge in [0.05, 0.1) is 10.6 Å². The molecule has 1 aromatic heterocycles. The first-order valence-electron chi connectivity index (χ1n) is 10.8. The molecule has 1 fully saturated rings. The van der Waals surface area contributed by atoms with Gasteiger partial charge in [-0.05, 0) is 56.5 Å². The Morgan fingerprint density at radius 3 is 2.48 bits per heavy atom. The highest BCUT2D eigenvalue weighted by Gasteiger charge is 2.32. The number of carbonyl (C=O) groups is 1. The summed E-state index contributed by atoms with van der Waals surface area (Å²) in [6.45, 7) is 4.33. The number of anilines is 1.